The van der Waals surface area contributed by atoms with Crippen LogP contribution in [0.25, 0.3) is 5.69 Å². The Labute approximate surface area is 91.5 Å². The van der Waals surface area contributed by atoms with Gasteiger partial charge >= 0.3 is 0 Å². The number of rotatable bonds is 2. The van der Waals surface area contributed by atoms with Gasteiger partial charge in [0.15, 0.2) is 0 Å². The molecule has 0 radical (unpaired) electrons. The molecule has 1 heterocycles. The third kappa shape index (κ3) is 2.15. The van der Waals surface area contributed by atoms with Crippen LogP contribution in [-0.2, 0) is 0 Å². The molecular weight excluding hydrogens is 217 g/mol. The van der Waals surface area contributed by atoms with Gasteiger partial charge in [0.2, 0.25) is 0 Å². The van der Waals surface area contributed by atoms with Crippen molar-refractivity contribution in [2.75, 3.05) is 0 Å². The summed E-state index contributed by atoms with van der Waals surface area (Å²) < 4.78 is 14.4. The number of nitrogens with zero attached hydrogens (tertiary/aromatic N) is 3. The Balaban J connectivity index is 2.37. The SMILES string of the molecule is CC(Cl)c1cn(-c2cccc(F)c2)nn1. The molecule has 0 aliphatic carbocycles. The molecule has 5 heteroatoms. The molecule has 0 N–H and O–H groups in total. The van der Waals surface area contributed by atoms with E-state index >= 15 is 0 Å². The summed E-state index contributed by atoms with van der Waals surface area (Å²) in [5.41, 5.74) is 1.30. The fourth-order valence-corrected chi connectivity index (χ4v) is 1.30. The molecule has 0 saturated heterocycles. The van der Waals surface area contributed by atoms with Crippen LogP contribution in [0.2, 0.25) is 0 Å². The minimum atomic E-state index is -0.302. The second-order valence-electron chi connectivity index (χ2n) is 3.18. The van der Waals surface area contributed by atoms with Gasteiger partial charge in [0.1, 0.15) is 11.5 Å². The van der Waals surface area contributed by atoms with Gasteiger partial charge in [0, 0.05) is 0 Å². The lowest BCUT2D eigenvalue weighted by molar-refractivity contribution is 0.625. The van der Waals surface area contributed by atoms with E-state index in [-0.39, 0.29) is 11.2 Å². The fourth-order valence-electron chi connectivity index (χ4n) is 1.20. The van der Waals surface area contributed by atoms with Gasteiger partial charge in [-0.1, -0.05) is 11.3 Å². The minimum Gasteiger partial charge on any atom is -0.220 e. The van der Waals surface area contributed by atoms with Crippen LogP contribution in [-0.4, -0.2) is 15.0 Å². The second kappa shape index (κ2) is 3.98. The first-order valence-electron chi connectivity index (χ1n) is 4.49. The summed E-state index contributed by atoms with van der Waals surface area (Å²) in [6.45, 7) is 1.81. The molecular formula is C10H9ClFN3. The highest BCUT2D eigenvalue weighted by atomic mass is 35.5. The smallest absolute Gasteiger partial charge is 0.125 e. The van der Waals surface area contributed by atoms with E-state index < -0.39 is 0 Å². The normalized spacial score (nSPS) is 12.7. The Kier molecular flexibility index (Phi) is 2.68. The lowest BCUT2D eigenvalue weighted by Gasteiger charge is -1.98. The van der Waals surface area contributed by atoms with Gasteiger partial charge in [0.05, 0.1) is 17.3 Å². The Hall–Kier alpha value is -1.42. The Morgan fingerprint density at radius 2 is 2.27 bits per heavy atom. The maximum Gasteiger partial charge on any atom is 0.125 e. The first-order valence-corrected chi connectivity index (χ1v) is 4.93. The molecule has 0 amide bonds. The van der Waals surface area contributed by atoms with E-state index in [1.54, 1.807) is 18.3 Å². The van der Waals surface area contributed by atoms with Crippen LogP contribution in [0.1, 0.15) is 18.0 Å². The van der Waals surface area contributed by atoms with Crippen molar-refractivity contribution in [3.63, 3.8) is 0 Å². The van der Waals surface area contributed by atoms with Gasteiger partial charge in [0.25, 0.3) is 0 Å². The highest BCUT2D eigenvalue weighted by molar-refractivity contribution is 6.20. The third-order valence-corrected chi connectivity index (χ3v) is 2.21. The van der Waals surface area contributed by atoms with Crippen molar-refractivity contribution in [3.05, 3.63) is 42.0 Å². The highest BCUT2D eigenvalue weighted by Gasteiger charge is 2.07. The lowest BCUT2D eigenvalue weighted by atomic mass is 10.3. The molecule has 0 spiro atoms. The number of halogens is 2. The molecule has 1 atom stereocenters. The highest BCUT2D eigenvalue weighted by Crippen LogP contribution is 2.17. The molecule has 78 valence electrons. The zero-order valence-corrected chi connectivity index (χ0v) is 8.82. The Morgan fingerprint density at radius 3 is 2.87 bits per heavy atom. The summed E-state index contributed by atoms with van der Waals surface area (Å²) in [4.78, 5) is 0. The van der Waals surface area contributed by atoms with Gasteiger partial charge in [-0.3, -0.25) is 0 Å². The number of alkyl halides is 1. The molecule has 0 fully saturated rings. The summed E-state index contributed by atoms with van der Waals surface area (Å²) >= 11 is 5.85. The standard InChI is InChI=1S/C10H9ClFN3/c1-7(11)10-6-15(14-13-10)9-4-2-3-8(12)5-9/h2-7H,1H3. The van der Waals surface area contributed by atoms with Crippen LogP contribution in [0.4, 0.5) is 4.39 Å². The molecule has 2 rings (SSSR count). The molecule has 1 aromatic heterocycles. The summed E-state index contributed by atoms with van der Waals surface area (Å²) in [5, 5.41) is 7.54. The molecule has 15 heavy (non-hydrogen) atoms. The van der Waals surface area contributed by atoms with E-state index in [2.05, 4.69) is 10.3 Å². The minimum absolute atomic E-state index is 0.202. The molecule has 0 saturated carbocycles. The summed E-state index contributed by atoms with van der Waals surface area (Å²) in [6, 6.07) is 6.14. The van der Waals surface area contributed by atoms with Crippen molar-refractivity contribution in [1.29, 1.82) is 0 Å². The second-order valence-corrected chi connectivity index (χ2v) is 3.84. The molecule has 2 aromatic rings. The quantitative estimate of drug-likeness (QED) is 0.736. The van der Waals surface area contributed by atoms with E-state index in [0.717, 1.165) is 0 Å². The van der Waals surface area contributed by atoms with Crippen LogP contribution >= 0.6 is 11.6 Å². The van der Waals surface area contributed by atoms with Gasteiger partial charge in [-0.25, -0.2) is 9.07 Å². The topological polar surface area (TPSA) is 30.7 Å². The van der Waals surface area contributed by atoms with Crippen molar-refractivity contribution in [3.8, 4) is 5.69 Å². The summed E-state index contributed by atoms with van der Waals surface area (Å²) in [7, 11) is 0. The van der Waals surface area contributed by atoms with Gasteiger partial charge in [-0.05, 0) is 25.1 Å². The van der Waals surface area contributed by atoms with Crippen molar-refractivity contribution in [1.82, 2.24) is 15.0 Å². The fraction of sp³-hybridized carbons (Fsp3) is 0.200. The zero-order chi connectivity index (χ0) is 10.8. The molecule has 0 aliphatic heterocycles. The number of hydrogen-bond donors (Lipinski definition) is 0. The van der Waals surface area contributed by atoms with Gasteiger partial charge in [-0.15, -0.1) is 16.7 Å². The summed E-state index contributed by atoms with van der Waals surface area (Å²) in [5.74, 6) is -0.302. The lowest BCUT2D eigenvalue weighted by Crippen LogP contribution is -1.94. The number of benzene rings is 1. The number of hydrogen-bond acceptors (Lipinski definition) is 2. The van der Waals surface area contributed by atoms with E-state index in [1.807, 2.05) is 6.92 Å². The van der Waals surface area contributed by atoms with Crippen LogP contribution in [0.15, 0.2) is 30.5 Å². The Bertz CT molecular complexity index is 467. The van der Waals surface area contributed by atoms with E-state index in [9.17, 15) is 4.39 Å². The predicted octanol–water partition coefficient (Wildman–Crippen LogP) is 2.71. The van der Waals surface area contributed by atoms with E-state index in [1.165, 1.54) is 16.8 Å². The van der Waals surface area contributed by atoms with Crippen LogP contribution in [0.3, 0.4) is 0 Å². The van der Waals surface area contributed by atoms with E-state index in [0.29, 0.717) is 11.4 Å². The maximum atomic E-state index is 12.9. The molecule has 1 aromatic carbocycles. The first-order chi connectivity index (χ1) is 7.16. The van der Waals surface area contributed by atoms with Crippen LogP contribution in [0, 0.1) is 5.82 Å². The van der Waals surface area contributed by atoms with Crippen molar-refractivity contribution < 1.29 is 4.39 Å². The largest absolute Gasteiger partial charge is 0.220 e. The average molecular weight is 226 g/mol. The van der Waals surface area contributed by atoms with Crippen molar-refractivity contribution in [2.24, 2.45) is 0 Å². The predicted molar refractivity (Wildman–Crippen MR) is 55.6 cm³/mol. The Morgan fingerprint density at radius 1 is 1.47 bits per heavy atom. The van der Waals surface area contributed by atoms with Crippen LogP contribution < -0.4 is 0 Å². The van der Waals surface area contributed by atoms with E-state index in [4.69, 9.17) is 11.6 Å². The van der Waals surface area contributed by atoms with Gasteiger partial charge < -0.3 is 0 Å². The molecule has 0 aliphatic rings. The average Bonchev–Trinajstić information content (AvgIpc) is 2.66. The zero-order valence-electron chi connectivity index (χ0n) is 8.06. The van der Waals surface area contributed by atoms with Crippen molar-refractivity contribution in [2.45, 2.75) is 12.3 Å². The van der Waals surface area contributed by atoms with Crippen molar-refractivity contribution >= 4 is 11.6 Å². The molecule has 1 unspecified atom stereocenters. The maximum absolute atomic E-state index is 12.9. The number of aromatic nitrogens is 3. The van der Waals surface area contributed by atoms with Crippen LogP contribution in [0.5, 0.6) is 0 Å². The monoisotopic (exact) mass is 225 g/mol. The first kappa shape index (κ1) is 10.1. The summed E-state index contributed by atoms with van der Waals surface area (Å²) in [6.07, 6.45) is 1.69. The molecule has 0 bridgehead atoms. The van der Waals surface area contributed by atoms with Gasteiger partial charge in [-0.2, -0.15) is 0 Å². The third-order valence-electron chi connectivity index (χ3n) is 1.99. The molecule has 3 nitrogen and oxygen atoms in total.